The third-order valence-corrected chi connectivity index (χ3v) is 7.76. The second-order valence-corrected chi connectivity index (χ2v) is 11.6. The number of nitrogens with zero attached hydrogens (tertiary/aromatic N) is 2. The minimum atomic E-state index is -3.01. The summed E-state index contributed by atoms with van der Waals surface area (Å²) in [7, 11) is -3.01. The molecule has 1 spiro atoms. The van der Waals surface area contributed by atoms with E-state index in [1.165, 1.54) is 16.7 Å². The zero-order valence-corrected chi connectivity index (χ0v) is 17.8. The van der Waals surface area contributed by atoms with Crippen LogP contribution in [0, 0.1) is 0 Å². The monoisotopic (exact) mass is 429 g/mol. The predicted octanol–water partition coefficient (Wildman–Crippen LogP) is 2.92. The van der Waals surface area contributed by atoms with E-state index >= 15 is 0 Å². The van der Waals surface area contributed by atoms with Crippen LogP contribution < -0.4 is 5.32 Å². The summed E-state index contributed by atoms with van der Waals surface area (Å²) in [6.45, 7) is 3.26. The fraction of sp³-hybridized carbons (Fsp3) is 0.611. The molecule has 3 unspecified atom stereocenters. The molecule has 2 aromatic rings. The summed E-state index contributed by atoms with van der Waals surface area (Å²) in [6.07, 6.45) is 7.66. The second-order valence-electron chi connectivity index (χ2n) is 7.69. The number of ether oxygens (including phenoxy) is 1. The molecule has 0 aromatic carbocycles. The van der Waals surface area contributed by atoms with E-state index in [1.54, 1.807) is 16.0 Å². The van der Waals surface area contributed by atoms with Gasteiger partial charge in [0.1, 0.15) is 15.4 Å². The molecule has 6 nitrogen and oxygen atoms in total. The quantitative estimate of drug-likeness (QED) is 0.808. The number of sulfone groups is 1. The highest BCUT2D eigenvalue weighted by Crippen LogP contribution is 2.49. The molecule has 2 aromatic heterocycles. The maximum absolute atomic E-state index is 11.4. The van der Waals surface area contributed by atoms with E-state index in [0.717, 1.165) is 29.2 Å². The van der Waals surface area contributed by atoms with E-state index in [4.69, 9.17) is 16.3 Å². The van der Waals surface area contributed by atoms with Crippen LogP contribution in [-0.4, -0.2) is 42.9 Å². The number of hydrogen-bond acceptors (Lipinski definition) is 6. The van der Waals surface area contributed by atoms with Crippen LogP contribution in [0.5, 0.6) is 0 Å². The normalized spacial score (nSPS) is 28.4. The molecule has 1 fully saturated rings. The number of halogens is 1. The standard InChI is InChI=1S/C18H24ClN3O3S2/c1-12-8-18(17-13(3-5-25-18)7-16(19)26-17)9-15(21-12)14-10-20-22(11-14)4-6-27(2,23)24/h7,10-12,15,21H,3-6,8-9H2,1-2H3. The lowest BCUT2D eigenvalue weighted by Gasteiger charge is -2.46. The summed E-state index contributed by atoms with van der Waals surface area (Å²) in [6, 6.07) is 2.47. The van der Waals surface area contributed by atoms with Gasteiger partial charge in [-0.15, -0.1) is 11.3 Å². The van der Waals surface area contributed by atoms with Crippen LogP contribution >= 0.6 is 22.9 Å². The Kier molecular flexibility index (Phi) is 5.13. The summed E-state index contributed by atoms with van der Waals surface area (Å²) in [5, 5.41) is 8.00. The van der Waals surface area contributed by atoms with E-state index in [9.17, 15) is 8.42 Å². The highest BCUT2D eigenvalue weighted by molar-refractivity contribution is 7.90. The highest BCUT2D eigenvalue weighted by Gasteiger charge is 2.46. The van der Waals surface area contributed by atoms with Crippen LogP contribution in [0.3, 0.4) is 0 Å². The van der Waals surface area contributed by atoms with Crippen molar-refractivity contribution in [3.8, 4) is 0 Å². The van der Waals surface area contributed by atoms with Gasteiger partial charge in [-0.3, -0.25) is 4.68 Å². The van der Waals surface area contributed by atoms with Gasteiger partial charge in [0.2, 0.25) is 0 Å². The Bertz CT molecular complexity index is 940. The van der Waals surface area contributed by atoms with E-state index in [0.29, 0.717) is 13.2 Å². The van der Waals surface area contributed by atoms with Gasteiger partial charge in [0.15, 0.2) is 0 Å². The smallest absolute Gasteiger partial charge is 0.149 e. The Morgan fingerprint density at radius 3 is 3.07 bits per heavy atom. The first-order chi connectivity index (χ1) is 12.7. The molecule has 4 rings (SSSR count). The molecule has 4 heterocycles. The van der Waals surface area contributed by atoms with E-state index in [-0.39, 0.29) is 23.4 Å². The van der Waals surface area contributed by atoms with Gasteiger partial charge < -0.3 is 10.1 Å². The van der Waals surface area contributed by atoms with Crippen molar-refractivity contribution in [3.63, 3.8) is 0 Å². The van der Waals surface area contributed by atoms with E-state index in [2.05, 4.69) is 23.4 Å². The molecule has 0 amide bonds. The molecular weight excluding hydrogens is 406 g/mol. The fourth-order valence-corrected chi connectivity index (χ4v) is 6.20. The molecule has 2 aliphatic heterocycles. The summed E-state index contributed by atoms with van der Waals surface area (Å²) in [4.78, 5) is 1.27. The van der Waals surface area contributed by atoms with Gasteiger partial charge in [-0.05, 0) is 31.4 Å². The summed E-state index contributed by atoms with van der Waals surface area (Å²) in [5.41, 5.74) is 2.07. The minimum Gasteiger partial charge on any atom is -0.369 e. The van der Waals surface area contributed by atoms with E-state index < -0.39 is 9.84 Å². The number of hydrogen-bond donors (Lipinski definition) is 1. The maximum atomic E-state index is 11.4. The van der Waals surface area contributed by atoms with Crippen molar-refractivity contribution in [2.24, 2.45) is 0 Å². The third kappa shape index (κ3) is 4.10. The van der Waals surface area contributed by atoms with Gasteiger partial charge in [-0.1, -0.05) is 11.6 Å². The van der Waals surface area contributed by atoms with Crippen molar-refractivity contribution in [3.05, 3.63) is 38.8 Å². The van der Waals surface area contributed by atoms with E-state index in [1.807, 2.05) is 12.4 Å². The van der Waals surface area contributed by atoms with Gasteiger partial charge >= 0.3 is 0 Å². The number of fused-ring (bicyclic) bond motifs is 2. The molecule has 0 radical (unpaired) electrons. The van der Waals surface area contributed by atoms with Gasteiger partial charge in [0, 0.05) is 41.4 Å². The average Bonchev–Trinajstić information content (AvgIpc) is 3.19. The van der Waals surface area contributed by atoms with Crippen molar-refractivity contribution in [2.75, 3.05) is 18.6 Å². The van der Waals surface area contributed by atoms with Crippen LogP contribution in [0.15, 0.2) is 18.5 Å². The molecule has 0 bridgehead atoms. The SMILES string of the molecule is CC1CC2(CC(c3cnn(CCS(C)(=O)=O)c3)N1)OCCc1cc(Cl)sc12. The number of aromatic nitrogens is 2. The summed E-state index contributed by atoms with van der Waals surface area (Å²) < 4.78 is 31.7. The summed E-state index contributed by atoms with van der Waals surface area (Å²) in [5.74, 6) is 0.0900. The van der Waals surface area contributed by atoms with Gasteiger partial charge in [-0.25, -0.2) is 8.42 Å². The number of rotatable bonds is 4. The van der Waals surface area contributed by atoms with Crippen LogP contribution in [0.4, 0.5) is 0 Å². The van der Waals surface area contributed by atoms with Crippen molar-refractivity contribution in [1.82, 2.24) is 15.1 Å². The van der Waals surface area contributed by atoms with Crippen molar-refractivity contribution >= 4 is 32.8 Å². The Morgan fingerprint density at radius 1 is 1.48 bits per heavy atom. The average molecular weight is 430 g/mol. The molecule has 27 heavy (non-hydrogen) atoms. The van der Waals surface area contributed by atoms with Crippen LogP contribution in [0.25, 0.3) is 0 Å². The van der Waals surface area contributed by atoms with Gasteiger partial charge in [0.05, 0.1) is 29.4 Å². The Labute approximate surface area is 168 Å². The molecule has 0 saturated carbocycles. The largest absolute Gasteiger partial charge is 0.369 e. The van der Waals surface area contributed by atoms with Crippen molar-refractivity contribution in [2.45, 2.75) is 50.4 Å². The zero-order chi connectivity index (χ0) is 19.2. The van der Waals surface area contributed by atoms with Crippen molar-refractivity contribution in [1.29, 1.82) is 0 Å². The lowest BCUT2D eigenvalue weighted by molar-refractivity contribution is -0.0954. The molecule has 1 N–H and O–H groups in total. The number of nitrogens with one attached hydrogen (secondary N) is 1. The number of piperidine rings is 1. The molecule has 3 atom stereocenters. The molecule has 148 valence electrons. The zero-order valence-electron chi connectivity index (χ0n) is 15.4. The second kappa shape index (κ2) is 7.15. The summed E-state index contributed by atoms with van der Waals surface area (Å²) >= 11 is 7.94. The lowest BCUT2D eigenvalue weighted by atomic mass is 9.78. The fourth-order valence-electron chi connectivity index (χ4n) is 4.22. The number of thiophene rings is 1. The molecule has 2 aliphatic rings. The molecule has 1 saturated heterocycles. The molecule has 9 heteroatoms. The first kappa shape index (κ1) is 19.4. The van der Waals surface area contributed by atoms with Gasteiger partial charge in [0.25, 0.3) is 0 Å². The topological polar surface area (TPSA) is 73.2 Å². The van der Waals surface area contributed by atoms with Crippen LogP contribution in [0.2, 0.25) is 4.34 Å². The predicted molar refractivity (Wildman–Crippen MR) is 107 cm³/mol. The molecular formula is C18H24ClN3O3S2. The maximum Gasteiger partial charge on any atom is 0.149 e. The first-order valence-electron chi connectivity index (χ1n) is 9.13. The first-order valence-corrected chi connectivity index (χ1v) is 12.4. The Hall–Kier alpha value is -0.930. The molecule has 0 aliphatic carbocycles. The highest BCUT2D eigenvalue weighted by atomic mass is 35.5. The van der Waals surface area contributed by atoms with Crippen LogP contribution in [0.1, 0.15) is 41.8 Å². The Balaban J connectivity index is 1.58. The van der Waals surface area contributed by atoms with Gasteiger partial charge in [-0.2, -0.15) is 5.10 Å². The lowest BCUT2D eigenvalue weighted by Crippen LogP contribution is -2.49. The van der Waals surface area contributed by atoms with Crippen molar-refractivity contribution < 1.29 is 13.2 Å². The minimum absolute atomic E-state index is 0.0900. The Morgan fingerprint density at radius 2 is 2.30 bits per heavy atom. The van der Waals surface area contributed by atoms with Crippen LogP contribution in [-0.2, 0) is 33.1 Å². The number of aryl methyl sites for hydroxylation is 1. The third-order valence-electron chi connectivity index (χ3n) is 5.34.